The van der Waals surface area contributed by atoms with Crippen LogP contribution in [0.15, 0.2) is 71.7 Å². The van der Waals surface area contributed by atoms with Gasteiger partial charge >= 0.3 is 6.03 Å². The number of anilines is 1. The van der Waals surface area contributed by atoms with Crippen LogP contribution >= 0.6 is 0 Å². The summed E-state index contributed by atoms with van der Waals surface area (Å²) in [6.07, 6.45) is 1.50. The van der Waals surface area contributed by atoms with Crippen LogP contribution in [0.1, 0.15) is 21.5 Å². The molecular formula is C21H19FN4O3. The third-order valence-corrected chi connectivity index (χ3v) is 4.07. The molecule has 0 aliphatic rings. The highest BCUT2D eigenvalue weighted by Crippen LogP contribution is 2.09. The van der Waals surface area contributed by atoms with E-state index in [0.29, 0.717) is 11.3 Å². The number of nitrogens with one attached hydrogen (secondary N) is 3. The minimum atomic E-state index is -0.761. The Labute approximate surface area is 166 Å². The van der Waals surface area contributed by atoms with Crippen LogP contribution in [0.3, 0.4) is 0 Å². The molecule has 0 unspecified atom stereocenters. The lowest BCUT2D eigenvalue weighted by Crippen LogP contribution is -2.45. The van der Waals surface area contributed by atoms with Crippen molar-refractivity contribution < 1.29 is 14.0 Å². The molecule has 0 saturated carbocycles. The molecule has 0 aliphatic heterocycles. The summed E-state index contributed by atoms with van der Waals surface area (Å²) in [4.78, 5) is 36.8. The van der Waals surface area contributed by atoms with Gasteiger partial charge in [0.05, 0.1) is 6.54 Å². The van der Waals surface area contributed by atoms with Gasteiger partial charge in [-0.25, -0.2) is 14.6 Å². The zero-order chi connectivity index (χ0) is 20.8. The minimum absolute atomic E-state index is 0.110. The molecule has 0 atom stereocenters. The average Bonchev–Trinajstić information content (AvgIpc) is 2.68. The largest absolute Gasteiger partial charge is 0.337 e. The monoisotopic (exact) mass is 394 g/mol. The van der Waals surface area contributed by atoms with Crippen LogP contribution in [-0.4, -0.2) is 16.5 Å². The summed E-state index contributed by atoms with van der Waals surface area (Å²) in [5.41, 5.74) is 5.81. The molecule has 148 valence electrons. The van der Waals surface area contributed by atoms with Crippen LogP contribution in [-0.2, 0) is 6.54 Å². The van der Waals surface area contributed by atoms with Crippen molar-refractivity contribution in [2.45, 2.75) is 13.5 Å². The molecule has 8 heteroatoms. The zero-order valence-electron chi connectivity index (χ0n) is 15.6. The number of hydrogen-bond acceptors (Lipinski definition) is 3. The van der Waals surface area contributed by atoms with Gasteiger partial charge in [-0.2, -0.15) is 0 Å². The standard InChI is InChI=1S/C21H19FN4O3/c1-14-5-2-8-17(11-14)23-21(29)25-24-19(27)18-9-4-10-26(20(18)28)13-15-6-3-7-16(22)12-15/h2-12H,13H2,1H3,(H,24,27)(H2,23,25,29). The van der Waals surface area contributed by atoms with E-state index in [1.165, 1.54) is 35.0 Å². The van der Waals surface area contributed by atoms with Gasteiger partial charge in [-0.1, -0.05) is 24.3 Å². The number of amides is 3. The molecule has 3 aromatic rings. The molecule has 3 rings (SSSR count). The van der Waals surface area contributed by atoms with Crippen LogP contribution in [0.5, 0.6) is 0 Å². The summed E-state index contributed by atoms with van der Waals surface area (Å²) < 4.78 is 14.6. The Bertz CT molecular complexity index is 1110. The minimum Gasteiger partial charge on any atom is -0.310 e. The van der Waals surface area contributed by atoms with Crippen LogP contribution in [0, 0.1) is 12.7 Å². The molecule has 3 N–H and O–H groups in total. The van der Waals surface area contributed by atoms with E-state index in [-0.39, 0.29) is 12.1 Å². The van der Waals surface area contributed by atoms with Gasteiger partial charge in [-0.3, -0.25) is 15.0 Å². The lowest BCUT2D eigenvalue weighted by Gasteiger charge is -2.11. The fourth-order valence-corrected chi connectivity index (χ4v) is 2.73. The molecule has 1 heterocycles. The number of benzene rings is 2. The number of carbonyl (C=O) groups excluding carboxylic acids is 2. The summed E-state index contributed by atoms with van der Waals surface area (Å²) in [6, 6.07) is 15.2. The molecule has 1 aromatic heterocycles. The van der Waals surface area contributed by atoms with E-state index in [9.17, 15) is 18.8 Å². The summed E-state index contributed by atoms with van der Waals surface area (Å²) in [5.74, 6) is -1.17. The van der Waals surface area contributed by atoms with Crippen LogP contribution < -0.4 is 21.7 Å². The van der Waals surface area contributed by atoms with E-state index in [1.807, 2.05) is 13.0 Å². The third kappa shape index (κ3) is 5.29. The Hall–Kier alpha value is -3.94. The quantitative estimate of drug-likeness (QED) is 0.594. The number of pyridine rings is 1. The number of rotatable bonds is 4. The molecule has 29 heavy (non-hydrogen) atoms. The van der Waals surface area contributed by atoms with E-state index in [4.69, 9.17) is 0 Å². The normalized spacial score (nSPS) is 10.3. The number of halogens is 1. The van der Waals surface area contributed by atoms with Crippen molar-refractivity contribution in [2.24, 2.45) is 0 Å². The summed E-state index contributed by atoms with van der Waals surface area (Å²) in [7, 11) is 0. The van der Waals surface area contributed by atoms with E-state index in [2.05, 4.69) is 16.2 Å². The fourth-order valence-electron chi connectivity index (χ4n) is 2.73. The van der Waals surface area contributed by atoms with Gasteiger partial charge in [-0.05, 0) is 54.4 Å². The maximum Gasteiger partial charge on any atom is 0.337 e. The van der Waals surface area contributed by atoms with Crippen molar-refractivity contribution in [1.82, 2.24) is 15.4 Å². The Balaban J connectivity index is 1.65. The van der Waals surface area contributed by atoms with Crippen LogP contribution in [0.25, 0.3) is 0 Å². The maximum atomic E-state index is 13.3. The third-order valence-electron chi connectivity index (χ3n) is 4.07. The van der Waals surface area contributed by atoms with Crippen LogP contribution in [0.4, 0.5) is 14.9 Å². The number of aromatic nitrogens is 1. The second kappa shape index (κ2) is 8.83. The number of hydrazine groups is 1. The van der Waals surface area contributed by atoms with Crippen LogP contribution in [0.2, 0.25) is 0 Å². The SMILES string of the molecule is Cc1cccc(NC(=O)NNC(=O)c2cccn(Cc3cccc(F)c3)c2=O)c1. The van der Waals surface area contributed by atoms with E-state index < -0.39 is 23.3 Å². The number of nitrogens with zero attached hydrogens (tertiary/aromatic N) is 1. The van der Waals surface area contributed by atoms with Gasteiger partial charge in [-0.15, -0.1) is 0 Å². The smallest absolute Gasteiger partial charge is 0.310 e. The number of carbonyl (C=O) groups is 2. The van der Waals surface area contributed by atoms with Crippen molar-refractivity contribution in [3.8, 4) is 0 Å². The van der Waals surface area contributed by atoms with Gasteiger partial charge in [0.25, 0.3) is 11.5 Å². The van der Waals surface area contributed by atoms with Gasteiger partial charge in [0.15, 0.2) is 0 Å². The summed E-state index contributed by atoms with van der Waals surface area (Å²) >= 11 is 0. The Morgan fingerprint density at radius 3 is 2.55 bits per heavy atom. The van der Waals surface area contributed by atoms with Crippen molar-refractivity contribution in [2.75, 3.05) is 5.32 Å². The number of urea groups is 1. The molecule has 7 nitrogen and oxygen atoms in total. The first-order valence-electron chi connectivity index (χ1n) is 8.80. The second-order valence-corrected chi connectivity index (χ2v) is 6.39. The Morgan fingerprint density at radius 2 is 1.79 bits per heavy atom. The van der Waals surface area contributed by atoms with Gasteiger partial charge in [0.1, 0.15) is 11.4 Å². The maximum absolute atomic E-state index is 13.3. The predicted molar refractivity (Wildman–Crippen MR) is 107 cm³/mol. The highest BCUT2D eigenvalue weighted by Gasteiger charge is 2.13. The van der Waals surface area contributed by atoms with Gasteiger partial charge in [0, 0.05) is 11.9 Å². The average molecular weight is 394 g/mol. The molecule has 0 aliphatic carbocycles. The predicted octanol–water partition coefficient (Wildman–Crippen LogP) is 2.81. The fraction of sp³-hybridized carbons (Fsp3) is 0.0952. The Morgan fingerprint density at radius 1 is 1.00 bits per heavy atom. The highest BCUT2D eigenvalue weighted by molar-refractivity contribution is 5.96. The lowest BCUT2D eigenvalue weighted by atomic mass is 10.2. The summed E-state index contributed by atoms with van der Waals surface area (Å²) in [5, 5.41) is 2.57. The lowest BCUT2D eigenvalue weighted by molar-refractivity contribution is 0.0936. The second-order valence-electron chi connectivity index (χ2n) is 6.39. The molecule has 0 saturated heterocycles. The topological polar surface area (TPSA) is 92.2 Å². The molecule has 0 bridgehead atoms. The molecule has 0 spiro atoms. The molecule has 0 fully saturated rings. The van der Waals surface area contributed by atoms with E-state index in [1.54, 1.807) is 30.3 Å². The first-order valence-corrected chi connectivity index (χ1v) is 8.80. The molecule has 2 aromatic carbocycles. The van der Waals surface area contributed by atoms with Crippen molar-refractivity contribution in [3.63, 3.8) is 0 Å². The number of hydrogen-bond donors (Lipinski definition) is 3. The van der Waals surface area contributed by atoms with E-state index >= 15 is 0 Å². The van der Waals surface area contributed by atoms with Crippen molar-refractivity contribution in [3.05, 3.63) is 99.7 Å². The molecule has 0 radical (unpaired) electrons. The van der Waals surface area contributed by atoms with Gasteiger partial charge in [0.2, 0.25) is 0 Å². The van der Waals surface area contributed by atoms with Crippen molar-refractivity contribution in [1.29, 1.82) is 0 Å². The van der Waals surface area contributed by atoms with E-state index in [0.717, 1.165) is 5.56 Å². The van der Waals surface area contributed by atoms with Gasteiger partial charge < -0.3 is 9.88 Å². The number of aryl methyl sites for hydroxylation is 1. The Kier molecular flexibility index (Phi) is 6.03. The molecule has 3 amide bonds. The van der Waals surface area contributed by atoms with Crippen molar-refractivity contribution >= 4 is 17.6 Å². The summed E-state index contributed by atoms with van der Waals surface area (Å²) in [6.45, 7) is 1.99. The zero-order valence-corrected chi connectivity index (χ0v) is 15.6. The first-order chi connectivity index (χ1) is 13.9. The first kappa shape index (κ1) is 19.8. The highest BCUT2D eigenvalue weighted by atomic mass is 19.1. The molecular weight excluding hydrogens is 375 g/mol.